The van der Waals surface area contributed by atoms with Crippen molar-refractivity contribution in [3.05, 3.63) is 24.3 Å². The van der Waals surface area contributed by atoms with Gasteiger partial charge in [-0.3, -0.25) is 0 Å². The summed E-state index contributed by atoms with van der Waals surface area (Å²) in [5, 5.41) is 0. The van der Waals surface area contributed by atoms with Crippen LogP contribution in [0.1, 0.15) is 13.8 Å². The molecule has 0 spiro atoms. The molecule has 0 saturated carbocycles. The molecule has 0 bridgehead atoms. The Morgan fingerprint density at radius 3 is 1.77 bits per heavy atom. The minimum atomic E-state index is -0.850. The predicted molar refractivity (Wildman–Crippen MR) is 44.1 cm³/mol. The highest BCUT2D eigenvalue weighted by Crippen LogP contribution is 1.90. The Balaban J connectivity index is 0.000000252. The molecule has 0 aromatic carbocycles. The first-order valence-corrected chi connectivity index (χ1v) is 3.91. The van der Waals surface area contributed by atoms with Gasteiger partial charge in [0.05, 0.1) is 0 Å². The van der Waals surface area contributed by atoms with E-state index in [0.717, 1.165) is 19.5 Å². The summed E-state index contributed by atoms with van der Waals surface area (Å²) in [4.78, 5) is 6.04. The molecular formula is C8H12F2N2O. The second-order valence-corrected chi connectivity index (χ2v) is 1.94. The van der Waals surface area contributed by atoms with E-state index < -0.39 is 11.9 Å². The van der Waals surface area contributed by atoms with E-state index in [0.29, 0.717) is 6.07 Å². The third-order valence-corrected chi connectivity index (χ3v) is 1.01. The number of nitrogens with zero attached hydrogens (tertiary/aromatic N) is 2. The van der Waals surface area contributed by atoms with Crippen LogP contribution in [0.4, 0.5) is 8.78 Å². The first kappa shape index (κ1) is 11.9. The molecule has 1 heterocycles. The lowest BCUT2D eigenvalue weighted by atomic mass is 10.6. The van der Waals surface area contributed by atoms with Crippen LogP contribution in [0.25, 0.3) is 0 Å². The molecule has 0 N–H and O–H groups in total. The van der Waals surface area contributed by atoms with Gasteiger partial charge in [0, 0.05) is 19.3 Å². The number of hydrogen-bond donors (Lipinski definition) is 0. The van der Waals surface area contributed by atoms with E-state index in [1.54, 1.807) is 0 Å². The van der Waals surface area contributed by atoms with Crippen molar-refractivity contribution >= 4 is 0 Å². The SMILES string of the molecule is CCOCC.Fc1cc(F)ncn1. The number of rotatable bonds is 2. The molecule has 3 nitrogen and oxygen atoms in total. The van der Waals surface area contributed by atoms with Gasteiger partial charge in [-0.2, -0.15) is 8.78 Å². The Kier molecular flexibility index (Phi) is 6.91. The molecule has 0 unspecified atom stereocenters. The fraction of sp³-hybridized carbons (Fsp3) is 0.500. The second-order valence-electron chi connectivity index (χ2n) is 1.94. The van der Waals surface area contributed by atoms with Gasteiger partial charge < -0.3 is 4.74 Å². The van der Waals surface area contributed by atoms with Crippen molar-refractivity contribution in [3.8, 4) is 0 Å². The third-order valence-electron chi connectivity index (χ3n) is 1.01. The zero-order valence-corrected chi connectivity index (χ0v) is 7.63. The van der Waals surface area contributed by atoms with E-state index in [-0.39, 0.29) is 0 Å². The average molecular weight is 190 g/mol. The molecule has 0 radical (unpaired) electrons. The Bertz CT molecular complexity index is 214. The number of ether oxygens (including phenoxy) is 1. The Morgan fingerprint density at radius 2 is 1.62 bits per heavy atom. The largest absolute Gasteiger partial charge is 0.382 e. The summed E-state index contributed by atoms with van der Waals surface area (Å²) < 4.78 is 28.4. The molecule has 0 atom stereocenters. The van der Waals surface area contributed by atoms with Crippen molar-refractivity contribution in [2.24, 2.45) is 0 Å². The zero-order chi connectivity index (χ0) is 10.1. The van der Waals surface area contributed by atoms with Crippen molar-refractivity contribution in [1.29, 1.82) is 0 Å². The van der Waals surface area contributed by atoms with Gasteiger partial charge in [-0.25, -0.2) is 9.97 Å². The number of aromatic nitrogens is 2. The first-order chi connectivity index (χ1) is 6.20. The summed E-state index contributed by atoms with van der Waals surface area (Å²) in [5.74, 6) is -1.70. The van der Waals surface area contributed by atoms with Gasteiger partial charge in [-0.05, 0) is 13.8 Å². The van der Waals surface area contributed by atoms with Crippen molar-refractivity contribution in [2.45, 2.75) is 13.8 Å². The smallest absolute Gasteiger partial charge is 0.218 e. The van der Waals surface area contributed by atoms with Crippen molar-refractivity contribution in [2.75, 3.05) is 13.2 Å². The highest BCUT2D eigenvalue weighted by molar-refractivity contribution is 4.82. The van der Waals surface area contributed by atoms with Crippen LogP contribution in [0.2, 0.25) is 0 Å². The summed E-state index contributed by atoms with van der Waals surface area (Å²) >= 11 is 0. The van der Waals surface area contributed by atoms with E-state index in [1.807, 2.05) is 13.8 Å². The van der Waals surface area contributed by atoms with Crippen LogP contribution in [-0.2, 0) is 4.74 Å². The van der Waals surface area contributed by atoms with Crippen LogP contribution in [0, 0.1) is 11.9 Å². The molecule has 13 heavy (non-hydrogen) atoms. The van der Waals surface area contributed by atoms with E-state index >= 15 is 0 Å². The maximum atomic E-state index is 11.8. The maximum Gasteiger partial charge on any atom is 0.218 e. The van der Waals surface area contributed by atoms with Gasteiger partial charge in [0.25, 0.3) is 0 Å². The molecule has 74 valence electrons. The molecule has 0 aliphatic heterocycles. The third kappa shape index (κ3) is 7.27. The zero-order valence-electron chi connectivity index (χ0n) is 7.63. The van der Waals surface area contributed by atoms with Crippen LogP contribution in [0.5, 0.6) is 0 Å². The standard InChI is InChI=1S/C4H2F2N2.C4H10O/c5-3-1-4(6)8-2-7-3;1-3-5-4-2/h1-2H;3-4H2,1-2H3. The monoisotopic (exact) mass is 190 g/mol. The minimum absolute atomic E-state index is 0.611. The van der Waals surface area contributed by atoms with Crippen LogP contribution in [0.15, 0.2) is 12.4 Å². The normalized spacial score (nSPS) is 8.92. The van der Waals surface area contributed by atoms with Gasteiger partial charge in [-0.15, -0.1) is 0 Å². The molecule has 0 aliphatic carbocycles. The fourth-order valence-electron chi connectivity index (χ4n) is 0.516. The predicted octanol–water partition coefficient (Wildman–Crippen LogP) is 1.80. The Labute approximate surface area is 75.8 Å². The first-order valence-electron chi connectivity index (χ1n) is 3.91. The van der Waals surface area contributed by atoms with Gasteiger partial charge in [0.1, 0.15) is 6.33 Å². The quantitative estimate of drug-likeness (QED) is 0.667. The number of halogens is 2. The van der Waals surface area contributed by atoms with Gasteiger partial charge >= 0.3 is 0 Å². The van der Waals surface area contributed by atoms with Crippen LogP contribution < -0.4 is 0 Å². The van der Waals surface area contributed by atoms with Crippen LogP contribution in [0.3, 0.4) is 0 Å². The number of hydrogen-bond acceptors (Lipinski definition) is 3. The minimum Gasteiger partial charge on any atom is -0.382 e. The molecular weight excluding hydrogens is 178 g/mol. The molecule has 0 aliphatic rings. The maximum absolute atomic E-state index is 11.8. The Morgan fingerprint density at radius 1 is 1.15 bits per heavy atom. The lowest BCUT2D eigenvalue weighted by Crippen LogP contribution is -1.86. The molecule has 1 rings (SSSR count). The fourth-order valence-corrected chi connectivity index (χ4v) is 0.516. The van der Waals surface area contributed by atoms with Crippen molar-refractivity contribution < 1.29 is 13.5 Å². The molecule has 0 saturated heterocycles. The van der Waals surface area contributed by atoms with Crippen LogP contribution >= 0.6 is 0 Å². The molecule has 0 fully saturated rings. The van der Waals surface area contributed by atoms with Gasteiger partial charge in [0.15, 0.2) is 0 Å². The topological polar surface area (TPSA) is 35.0 Å². The van der Waals surface area contributed by atoms with Crippen molar-refractivity contribution in [1.82, 2.24) is 9.97 Å². The van der Waals surface area contributed by atoms with Crippen LogP contribution in [-0.4, -0.2) is 23.2 Å². The summed E-state index contributed by atoms with van der Waals surface area (Å²) in [5.41, 5.74) is 0. The molecule has 0 amide bonds. The summed E-state index contributed by atoms with van der Waals surface area (Å²) in [7, 11) is 0. The Hall–Kier alpha value is -1.10. The lowest BCUT2D eigenvalue weighted by molar-refractivity contribution is 0.162. The average Bonchev–Trinajstić information content (AvgIpc) is 2.06. The van der Waals surface area contributed by atoms with E-state index in [4.69, 9.17) is 4.74 Å². The lowest BCUT2D eigenvalue weighted by Gasteiger charge is -1.86. The van der Waals surface area contributed by atoms with Crippen molar-refractivity contribution in [3.63, 3.8) is 0 Å². The van der Waals surface area contributed by atoms with Gasteiger partial charge in [0.2, 0.25) is 11.9 Å². The van der Waals surface area contributed by atoms with E-state index in [1.165, 1.54) is 0 Å². The van der Waals surface area contributed by atoms with E-state index in [2.05, 4.69) is 9.97 Å². The summed E-state index contributed by atoms with van der Waals surface area (Å²) in [6, 6.07) is 0.611. The van der Waals surface area contributed by atoms with Gasteiger partial charge in [-0.1, -0.05) is 0 Å². The van der Waals surface area contributed by atoms with E-state index in [9.17, 15) is 8.78 Å². The second kappa shape index (κ2) is 7.54. The molecule has 1 aromatic rings. The summed E-state index contributed by atoms with van der Waals surface area (Å²) in [6.07, 6.45) is 0.824. The highest BCUT2D eigenvalue weighted by atomic mass is 19.1. The molecule has 5 heteroatoms. The molecule has 1 aromatic heterocycles. The highest BCUT2D eigenvalue weighted by Gasteiger charge is 1.91. The summed E-state index contributed by atoms with van der Waals surface area (Å²) in [6.45, 7) is 5.67.